The summed E-state index contributed by atoms with van der Waals surface area (Å²) in [6.07, 6.45) is 0. The molecule has 1 aromatic rings. The van der Waals surface area contributed by atoms with Gasteiger partial charge in [0.15, 0.2) is 0 Å². The van der Waals surface area contributed by atoms with Gasteiger partial charge in [-0.1, -0.05) is 6.58 Å². The number of aliphatic carboxylic acids is 1. The van der Waals surface area contributed by atoms with E-state index in [0.717, 1.165) is 0 Å². The second-order valence-corrected chi connectivity index (χ2v) is 3.85. The van der Waals surface area contributed by atoms with Crippen LogP contribution in [0.1, 0.15) is 18.5 Å². The largest absolute Gasteiger partial charge is 0.478 e. The number of carboxylic acids is 1. The quantitative estimate of drug-likeness (QED) is 0.733. The summed E-state index contributed by atoms with van der Waals surface area (Å²) in [5.41, 5.74) is 1.36. The Morgan fingerprint density at radius 3 is 3.00 bits per heavy atom. The second kappa shape index (κ2) is 4.93. The molecular weight excluding hydrogens is 198 g/mol. The molecule has 0 fully saturated rings. The summed E-state index contributed by atoms with van der Waals surface area (Å²) in [5, 5.41) is 15.7. The van der Waals surface area contributed by atoms with Crippen molar-refractivity contribution in [3.05, 3.63) is 34.5 Å². The molecule has 0 spiro atoms. The first-order valence-corrected chi connectivity index (χ1v) is 5.22. The average molecular weight is 211 g/mol. The highest BCUT2D eigenvalue weighted by Gasteiger charge is 2.08. The van der Waals surface area contributed by atoms with Gasteiger partial charge in [0.05, 0.1) is 0 Å². The minimum atomic E-state index is -0.949. The molecule has 2 N–H and O–H groups in total. The molecule has 0 aliphatic rings. The Balaban J connectivity index is 2.39. The molecule has 0 aromatic carbocycles. The molecule has 1 aromatic heterocycles. The fourth-order valence-corrected chi connectivity index (χ4v) is 1.75. The van der Waals surface area contributed by atoms with Gasteiger partial charge in [0, 0.05) is 18.2 Å². The van der Waals surface area contributed by atoms with Crippen LogP contribution in [0.4, 0.5) is 0 Å². The van der Waals surface area contributed by atoms with Crippen LogP contribution in [0.15, 0.2) is 29.0 Å². The predicted molar refractivity (Wildman–Crippen MR) is 57.5 cm³/mol. The minimum Gasteiger partial charge on any atom is -0.478 e. The van der Waals surface area contributed by atoms with Crippen LogP contribution >= 0.6 is 11.3 Å². The normalized spacial score (nSPS) is 12.4. The molecule has 0 aliphatic heterocycles. The first kappa shape index (κ1) is 10.9. The van der Waals surface area contributed by atoms with E-state index in [0.29, 0.717) is 6.54 Å². The maximum absolute atomic E-state index is 10.5. The van der Waals surface area contributed by atoms with E-state index in [2.05, 4.69) is 11.9 Å². The predicted octanol–water partition coefficient (Wildman–Crippen LogP) is 2.04. The van der Waals surface area contributed by atoms with Crippen molar-refractivity contribution in [3.63, 3.8) is 0 Å². The summed E-state index contributed by atoms with van der Waals surface area (Å²) < 4.78 is 0. The molecule has 1 heterocycles. The lowest BCUT2D eigenvalue weighted by molar-refractivity contribution is -0.132. The van der Waals surface area contributed by atoms with E-state index >= 15 is 0 Å². The van der Waals surface area contributed by atoms with E-state index < -0.39 is 5.97 Å². The first-order valence-electron chi connectivity index (χ1n) is 4.28. The third-order valence-electron chi connectivity index (χ3n) is 1.97. The van der Waals surface area contributed by atoms with Crippen LogP contribution in [0.3, 0.4) is 0 Å². The molecule has 0 aliphatic carbocycles. The monoisotopic (exact) mass is 211 g/mol. The van der Waals surface area contributed by atoms with E-state index in [1.165, 1.54) is 5.56 Å². The lowest BCUT2D eigenvalue weighted by atomic mass is 10.2. The van der Waals surface area contributed by atoms with Gasteiger partial charge in [-0.2, -0.15) is 11.3 Å². The highest BCUT2D eigenvalue weighted by molar-refractivity contribution is 7.07. The van der Waals surface area contributed by atoms with E-state index in [-0.39, 0.29) is 11.6 Å². The highest BCUT2D eigenvalue weighted by atomic mass is 32.1. The molecule has 1 rings (SSSR count). The molecule has 0 radical (unpaired) electrons. The molecule has 0 saturated heterocycles. The Hall–Kier alpha value is -1.13. The van der Waals surface area contributed by atoms with Gasteiger partial charge in [-0.15, -0.1) is 0 Å². The van der Waals surface area contributed by atoms with Gasteiger partial charge in [0.1, 0.15) is 0 Å². The molecular formula is C10H13NO2S. The molecule has 0 saturated carbocycles. The summed E-state index contributed by atoms with van der Waals surface area (Å²) in [6.45, 7) is 5.76. The van der Waals surface area contributed by atoms with Gasteiger partial charge in [-0.25, -0.2) is 4.79 Å². The van der Waals surface area contributed by atoms with Crippen molar-refractivity contribution < 1.29 is 9.90 Å². The van der Waals surface area contributed by atoms with Gasteiger partial charge in [0.2, 0.25) is 0 Å². The van der Waals surface area contributed by atoms with Gasteiger partial charge in [-0.05, 0) is 29.3 Å². The van der Waals surface area contributed by atoms with Crippen LogP contribution in [0.2, 0.25) is 0 Å². The summed E-state index contributed by atoms with van der Waals surface area (Å²) in [6, 6.07) is 2.18. The molecule has 1 atom stereocenters. The zero-order valence-corrected chi connectivity index (χ0v) is 8.80. The number of hydrogen-bond acceptors (Lipinski definition) is 3. The van der Waals surface area contributed by atoms with Crippen LogP contribution in [0, 0.1) is 0 Å². The molecule has 14 heavy (non-hydrogen) atoms. The van der Waals surface area contributed by atoms with Crippen LogP contribution in [-0.4, -0.2) is 17.6 Å². The van der Waals surface area contributed by atoms with Crippen molar-refractivity contribution in [2.75, 3.05) is 6.54 Å². The maximum Gasteiger partial charge on any atom is 0.332 e. The van der Waals surface area contributed by atoms with Gasteiger partial charge >= 0.3 is 5.97 Å². The van der Waals surface area contributed by atoms with Gasteiger partial charge in [-0.3, -0.25) is 0 Å². The van der Waals surface area contributed by atoms with E-state index in [4.69, 9.17) is 5.11 Å². The first-order chi connectivity index (χ1) is 6.61. The van der Waals surface area contributed by atoms with Crippen molar-refractivity contribution in [1.82, 2.24) is 5.32 Å². The maximum atomic E-state index is 10.5. The number of rotatable bonds is 5. The Kier molecular flexibility index (Phi) is 3.85. The standard InChI is InChI=1S/C10H13NO2S/c1-7(10(12)13)5-11-8(2)9-3-4-14-6-9/h3-4,6,8,11H,1,5H2,2H3,(H,12,13). The molecule has 3 nitrogen and oxygen atoms in total. The summed E-state index contributed by atoms with van der Waals surface area (Å²) >= 11 is 1.63. The number of thiophene rings is 1. The number of hydrogen-bond donors (Lipinski definition) is 2. The lowest BCUT2D eigenvalue weighted by Crippen LogP contribution is -2.23. The molecule has 0 bridgehead atoms. The van der Waals surface area contributed by atoms with Crippen molar-refractivity contribution in [3.8, 4) is 0 Å². The number of nitrogens with one attached hydrogen (secondary N) is 1. The number of carboxylic acid groups (broad SMARTS) is 1. The fourth-order valence-electron chi connectivity index (χ4n) is 0.991. The van der Waals surface area contributed by atoms with E-state index in [1.807, 2.05) is 23.8 Å². The Labute approximate surface area is 87.1 Å². The van der Waals surface area contributed by atoms with Crippen molar-refractivity contribution in [2.45, 2.75) is 13.0 Å². The SMILES string of the molecule is C=C(CNC(C)c1ccsc1)C(=O)O. The molecule has 4 heteroatoms. The Morgan fingerprint density at radius 1 is 1.79 bits per heavy atom. The smallest absolute Gasteiger partial charge is 0.332 e. The molecule has 76 valence electrons. The van der Waals surface area contributed by atoms with Crippen LogP contribution in [-0.2, 0) is 4.79 Å². The summed E-state index contributed by atoms with van der Waals surface area (Å²) in [7, 11) is 0. The summed E-state index contributed by atoms with van der Waals surface area (Å²) in [4.78, 5) is 10.5. The van der Waals surface area contributed by atoms with Crippen molar-refractivity contribution in [1.29, 1.82) is 0 Å². The summed E-state index contributed by atoms with van der Waals surface area (Å²) in [5.74, 6) is -0.949. The lowest BCUT2D eigenvalue weighted by Gasteiger charge is -2.11. The second-order valence-electron chi connectivity index (χ2n) is 3.07. The Morgan fingerprint density at radius 2 is 2.50 bits per heavy atom. The molecule has 0 amide bonds. The highest BCUT2D eigenvalue weighted by Crippen LogP contribution is 2.15. The van der Waals surface area contributed by atoms with Crippen molar-refractivity contribution >= 4 is 17.3 Å². The third kappa shape index (κ3) is 2.97. The third-order valence-corrected chi connectivity index (χ3v) is 2.67. The van der Waals surface area contributed by atoms with Crippen LogP contribution < -0.4 is 5.32 Å². The topological polar surface area (TPSA) is 49.3 Å². The van der Waals surface area contributed by atoms with Crippen LogP contribution in [0.25, 0.3) is 0 Å². The molecule has 1 unspecified atom stereocenters. The van der Waals surface area contributed by atoms with Gasteiger partial charge < -0.3 is 10.4 Å². The minimum absolute atomic E-state index is 0.164. The van der Waals surface area contributed by atoms with Crippen LogP contribution in [0.5, 0.6) is 0 Å². The average Bonchev–Trinajstić information content (AvgIpc) is 2.66. The van der Waals surface area contributed by atoms with E-state index in [9.17, 15) is 4.79 Å². The fraction of sp³-hybridized carbons (Fsp3) is 0.300. The van der Waals surface area contributed by atoms with E-state index in [1.54, 1.807) is 11.3 Å². The zero-order chi connectivity index (χ0) is 10.6. The zero-order valence-electron chi connectivity index (χ0n) is 7.99. The Bertz CT molecular complexity index is 319. The van der Waals surface area contributed by atoms with Crippen molar-refractivity contribution in [2.24, 2.45) is 0 Å². The number of carbonyl (C=O) groups is 1. The van der Waals surface area contributed by atoms with Gasteiger partial charge in [0.25, 0.3) is 0 Å².